The zero-order valence-electron chi connectivity index (χ0n) is 12.8. The number of nitrogens with one attached hydrogen (secondary N) is 1. The molecule has 0 bridgehead atoms. The van der Waals surface area contributed by atoms with Crippen LogP contribution in [0.1, 0.15) is 12.5 Å². The zero-order valence-corrected chi connectivity index (χ0v) is 12.8. The fourth-order valence-electron chi connectivity index (χ4n) is 2.16. The molecule has 0 aliphatic rings. The van der Waals surface area contributed by atoms with Crippen molar-refractivity contribution < 1.29 is 14.9 Å². The number of benzene rings is 2. The van der Waals surface area contributed by atoms with Crippen molar-refractivity contribution in [1.29, 1.82) is 0 Å². The molecule has 0 amide bonds. The molecule has 0 spiro atoms. The minimum atomic E-state index is -0.553. The monoisotopic (exact) mass is 301 g/mol. The number of phenolic OH excluding ortho intramolecular Hbond substituents is 1. The van der Waals surface area contributed by atoms with Gasteiger partial charge in [0.1, 0.15) is 24.2 Å². The van der Waals surface area contributed by atoms with Crippen molar-refractivity contribution in [1.82, 2.24) is 5.32 Å². The molecule has 118 valence electrons. The van der Waals surface area contributed by atoms with Crippen LogP contribution in [-0.4, -0.2) is 35.5 Å². The Balaban J connectivity index is 1.67. The molecule has 0 heterocycles. The Morgan fingerprint density at radius 3 is 2.41 bits per heavy atom. The predicted octanol–water partition coefficient (Wildman–Crippen LogP) is 2.35. The van der Waals surface area contributed by atoms with Crippen molar-refractivity contribution in [2.45, 2.75) is 25.5 Å². The van der Waals surface area contributed by atoms with Crippen LogP contribution >= 0.6 is 0 Å². The Bertz CT molecular complexity index is 542. The lowest BCUT2D eigenvalue weighted by Crippen LogP contribution is -2.37. The van der Waals surface area contributed by atoms with Gasteiger partial charge in [-0.1, -0.05) is 30.3 Å². The van der Waals surface area contributed by atoms with Gasteiger partial charge in [0.15, 0.2) is 0 Å². The van der Waals surface area contributed by atoms with Gasteiger partial charge in [-0.05, 0) is 43.2 Å². The maximum Gasteiger partial charge on any atom is 0.119 e. The summed E-state index contributed by atoms with van der Waals surface area (Å²) >= 11 is 0. The van der Waals surface area contributed by atoms with E-state index >= 15 is 0 Å². The van der Waals surface area contributed by atoms with Gasteiger partial charge in [0, 0.05) is 12.6 Å². The first-order chi connectivity index (χ1) is 10.6. The van der Waals surface area contributed by atoms with E-state index in [1.165, 1.54) is 0 Å². The van der Waals surface area contributed by atoms with E-state index in [1.807, 2.05) is 42.5 Å². The summed E-state index contributed by atoms with van der Waals surface area (Å²) in [5, 5.41) is 22.5. The first-order valence-electron chi connectivity index (χ1n) is 7.50. The number of aromatic hydroxyl groups is 1. The Kier molecular flexibility index (Phi) is 6.25. The third-order valence-electron chi connectivity index (χ3n) is 3.37. The molecule has 2 atom stereocenters. The molecule has 2 aromatic rings. The van der Waals surface area contributed by atoms with Crippen molar-refractivity contribution in [2.75, 3.05) is 13.2 Å². The first kappa shape index (κ1) is 16.3. The SMILES string of the molecule is CC(Cc1ccc(O)cc1)NC[C@@H](O)COc1ccccc1. The van der Waals surface area contributed by atoms with Crippen molar-refractivity contribution >= 4 is 0 Å². The fraction of sp³-hybridized carbons (Fsp3) is 0.333. The minimum absolute atomic E-state index is 0.232. The van der Waals surface area contributed by atoms with Gasteiger partial charge in [-0.15, -0.1) is 0 Å². The molecule has 2 rings (SSSR count). The molecule has 0 saturated heterocycles. The second-order valence-corrected chi connectivity index (χ2v) is 5.46. The normalized spacial score (nSPS) is 13.5. The second-order valence-electron chi connectivity index (χ2n) is 5.46. The summed E-state index contributed by atoms with van der Waals surface area (Å²) in [6, 6.07) is 16.9. The quantitative estimate of drug-likeness (QED) is 0.700. The molecule has 2 aromatic carbocycles. The molecule has 0 aliphatic heterocycles. The number of aliphatic hydroxyl groups excluding tert-OH is 1. The van der Waals surface area contributed by atoms with Gasteiger partial charge in [-0.2, -0.15) is 0 Å². The number of aliphatic hydroxyl groups is 1. The van der Waals surface area contributed by atoms with E-state index < -0.39 is 6.10 Å². The number of para-hydroxylation sites is 1. The van der Waals surface area contributed by atoms with Crippen LogP contribution in [-0.2, 0) is 6.42 Å². The molecule has 22 heavy (non-hydrogen) atoms. The van der Waals surface area contributed by atoms with Crippen LogP contribution in [0.3, 0.4) is 0 Å². The lowest BCUT2D eigenvalue weighted by atomic mass is 10.1. The van der Waals surface area contributed by atoms with Crippen LogP contribution in [0.15, 0.2) is 54.6 Å². The number of rotatable bonds is 8. The smallest absolute Gasteiger partial charge is 0.119 e. The summed E-state index contributed by atoms with van der Waals surface area (Å²) in [5.74, 6) is 1.04. The summed E-state index contributed by atoms with van der Waals surface area (Å²) in [6.07, 6.45) is 0.287. The fourth-order valence-corrected chi connectivity index (χ4v) is 2.16. The highest BCUT2D eigenvalue weighted by molar-refractivity contribution is 5.26. The van der Waals surface area contributed by atoms with Crippen LogP contribution in [0, 0.1) is 0 Å². The van der Waals surface area contributed by atoms with E-state index in [0.717, 1.165) is 17.7 Å². The summed E-state index contributed by atoms with van der Waals surface area (Å²) in [4.78, 5) is 0. The first-order valence-corrected chi connectivity index (χ1v) is 7.50. The highest BCUT2D eigenvalue weighted by atomic mass is 16.5. The van der Waals surface area contributed by atoms with Crippen molar-refractivity contribution in [2.24, 2.45) is 0 Å². The maximum absolute atomic E-state index is 9.94. The van der Waals surface area contributed by atoms with Crippen molar-refractivity contribution in [3.63, 3.8) is 0 Å². The lowest BCUT2D eigenvalue weighted by Gasteiger charge is -2.17. The highest BCUT2D eigenvalue weighted by Gasteiger charge is 2.08. The summed E-state index contributed by atoms with van der Waals surface area (Å²) < 4.78 is 5.51. The minimum Gasteiger partial charge on any atom is -0.508 e. The van der Waals surface area contributed by atoms with Gasteiger partial charge in [0.25, 0.3) is 0 Å². The van der Waals surface area contributed by atoms with Gasteiger partial charge in [0.2, 0.25) is 0 Å². The average molecular weight is 301 g/mol. The van der Waals surface area contributed by atoms with Gasteiger partial charge in [-0.25, -0.2) is 0 Å². The summed E-state index contributed by atoms with van der Waals surface area (Å²) in [7, 11) is 0. The number of phenols is 1. The van der Waals surface area contributed by atoms with E-state index in [-0.39, 0.29) is 18.4 Å². The van der Waals surface area contributed by atoms with Crippen molar-refractivity contribution in [3.8, 4) is 11.5 Å². The topological polar surface area (TPSA) is 61.7 Å². The molecule has 4 heteroatoms. The maximum atomic E-state index is 9.94. The Morgan fingerprint density at radius 2 is 1.73 bits per heavy atom. The number of hydrogen-bond acceptors (Lipinski definition) is 4. The highest BCUT2D eigenvalue weighted by Crippen LogP contribution is 2.11. The lowest BCUT2D eigenvalue weighted by molar-refractivity contribution is 0.104. The Morgan fingerprint density at radius 1 is 1.05 bits per heavy atom. The zero-order chi connectivity index (χ0) is 15.8. The third kappa shape index (κ3) is 5.76. The van der Waals surface area contributed by atoms with Crippen LogP contribution < -0.4 is 10.1 Å². The van der Waals surface area contributed by atoms with Crippen LogP contribution in [0.5, 0.6) is 11.5 Å². The molecule has 0 radical (unpaired) electrons. The molecule has 0 aromatic heterocycles. The van der Waals surface area contributed by atoms with Crippen molar-refractivity contribution in [3.05, 3.63) is 60.2 Å². The van der Waals surface area contributed by atoms with E-state index in [1.54, 1.807) is 12.1 Å². The van der Waals surface area contributed by atoms with Gasteiger partial charge < -0.3 is 20.3 Å². The number of ether oxygens (including phenoxy) is 1. The molecule has 0 saturated carbocycles. The van der Waals surface area contributed by atoms with Crippen LogP contribution in [0.25, 0.3) is 0 Å². The molecule has 4 nitrogen and oxygen atoms in total. The average Bonchev–Trinajstić information content (AvgIpc) is 2.54. The Labute approximate surface area is 131 Å². The van der Waals surface area contributed by atoms with E-state index in [4.69, 9.17) is 4.74 Å². The van der Waals surface area contributed by atoms with E-state index in [2.05, 4.69) is 12.2 Å². The molecular weight excluding hydrogens is 278 g/mol. The Hall–Kier alpha value is -2.04. The molecule has 3 N–H and O–H groups in total. The molecule has 0 fully saturated rings. The van der Waals surface area contributed by atoms with E-state index in [9.17, 15) is 10.2 Å². The van der Waals surface area contributed by atoms with Gasteiger partial charge in [-0.3, -0.25) is 0 Å². The van der Waals surface area contributed by atoms with Crippen LogP contribution in [0.4, 0.5) is 0 Å². The predicted molar refractivity (Wildman–Crippen MR) is 87.2 cm³/mol. The second kappa shape index (κ2) is 8.41. The van der Waals surface area contributed by atoms with Gasteiger partial charge >= 0.3 is 0 Å². The van der Waals surface area contributed by atoms with Gasteiger partial charge in [0.05, 0.1) is 0 Å². The molecular formula is C18H23NO3. The summed E-state index contributed by atoms with van der Waals surface area (Å²) in [5.41, 5.74) is 1.15. The molecule has 1 unspecified atom stereocenters. The van der Waals surface area contributed by atoms with Crippen LogP contribution in [0.2, 0.25) is 0 Å². The summed E-state index contributed by atoms with van der Waals surface area (Å²) in [6.45, 7) is 2.81. The van der Waals surface area contributed by atoms with E-state index in [0.29, 0.717) is 6.54 Å². The third-order valence-corrected chi connectivity index (χ3v) is 3.37. The largest absolute Gasteiger partial charge is 0.508 e. The number of hydrogen-bond donors (Lipinski definition) is 3. The standard InChI is InChI=1S/C18H23NO3/c1-14(11-15-7-9-16(20)10-8-15)19-12-17(21)13-22-18-5-3-2-4-6-18/h2-10,14,17,19-21H,11-13H2,1H3/t14?,17-/m1/s1. The molecule has 0 aliphatic carbocycles.